The third-order valence-electron chi connectivity index (χ3n) is 6.24. The van der Waals surface area contributed by atoms with E-state index in [1.165, 1.54) is 16.7 Å². The van der Waals surface area contributed by atoms with Crippen molar-refractivity contribution in [1.82, 2.24) is 14.4 Å². The maximum absolute atomic E-state index is 13.5. The predicted molar refractivity (Wildman–Crippen MR) is 122 cm³/mol. The summed E-state index contributed by atoms with van der Waals surface area (Å²) in [6.45, 7) is 6.94. The minimum absolute atomic E-state index is 0.0827. The molecule has 0 bridgehead atoms. The summed E-state index contributed by atoms with van der Waals surface area (Å²) in [4.78, 5) is 17.9. The SMILES string of the molecule is Cc1ccccc1Cn1c(C(=O)N2CCN(Cc3ccccc3)CC2)cc2occc21. The number of hydrogen-bond donors (Lipinski definition) is 0. The summed E-state index contributed by atoms with van der Waals surface area (Å²) in [5.41, 5.74) is 6.18. The number of piperazine rings is 1. The number of nitrogens with zero attached hydrogens (tertiary/aromatic N) is 3. The Bertz CT molecular complexity index is 1180. The van der Waals surface area contributed by atoms with Crippen LogP contribution in [0.4, 0.5) is 0 Å². The Labute approximate surface area is 182 Å². The molecule has 5 rings (SSSR count). The number of aryl methyl sites for hydroxylation is 1. The quantitative estimate of drug-likeness (QED) is 0.482. The summed E-state index contributed by atoms with van der Waals surface area (Å²) >= 11 is 0. The van der Waals surface area contributed by atoms with Gasteiger partial charge in [-0.25, -0.2) is 0 Å². The Morgan fingerprint density at radius 2 is 1.65 bits per heavy atom. The average molecular weight is 414 g/mol. The van der Waals surface area contributed by atoms with Crippen LogP contribution in [0.15, 0.2) is 77.4 Å². The number of benzene rings is 2. The largest absolute Gasteiger partial charge is 0.463 e. The zero-order chi connectivity index (χ0) is 21.2. The molecule has 0 unspecified atom stereocenters. The van der Waals surface area contributed by atoms with Gasteiger partial charge in [-0.15, -0.1) is 0 Å². The Balaban J connectivity index is 1.33. The standard InChI is InChI=1S/C26H27N3O2/c1-20-7-5-6-10-22(20)19-29-23-11-16-31-25(23)17-24(29)26(30)28-14-12-27(13-15-28)18-21-8-3-2-4-9-21/h2-11,16-17H,12-15,18-19H2,1H3. The van der Waals surface area contributed by atoms with Crippen LogP contribution < -0.4 is 0 Å². The minimum Gasteiger partial charge on any atom is -0.463 e. The van der Waals surface area contributed by atoms with Crippen molar-refractivity contribution in [2.75, 3.05) is 26.2 Å². The van der Waals surface area contributed by atoms with E-state index in [9.17, 15) is 4.79 Å². The van der Waals surface area contributed by atoms with E-state index in [4.69, 9.17) is 4.42 Å². The van der Waals surface area contributed by atoms with Crippen molar-refractivity contribution in [3.8, 4) is 0 Å². The highest BCUT2D eigenvalue weighted by molar-refractivity contribution is 5.97. The first-order valence-electron chi connectivity index (χ1n) is 10.9. The fourth-order valence-corrected chi connectivity index (χ4v) is 4.40. The number of amides is 1. The van der Waals surface area contributed by atoms with Gasteiger partial charge in [-0.3, -0.25) is 9.69 Å². The lowest BCUT2D eigenvalue weighted by Gasteiger charge is -2.35. The molecule has 2 aromatic heterocycles. The maximum Gasteiger partial charge on any atom is 0.270 e. The zero-order valence-electron chi connectivity index (χ0n) is 17.8. The van der Waals surface area contributed by atoms with Crippen LogP contribution >= 0.6 is 0 Å². The third kappa shape index (κ3) is 4.01. The number of carbonyl (C=O) groups is 1. The fraction of sp³-hybridized carbons (Fsp3) is 0.269. The highest BCUT2D eigenvalue weighted by Crippen LogP contribution is 2.25. The molecule has 1 aliphatic heterocycles. The molecule has 1 fully saturated rings. The number of hydrogen-bond acceptors (Lipinski definition) is 3. The number of furan rings is 1. The van der Waals surface area contributed by atoms with E-state index in [0.717, 1.165) is 43.8 Å². The minimum atomic E-state index is 0.0827. The first-order chi connectivity index (χ1) is 15.2. The smallest absolute Gasteiger partial charge is 0.270 e. The van der Waals surface area contributed by atoms with Crippen molar-refractivity contribution in [1.29, 1.82) is 0 Å². The normalized spacial score (nSPS) is 14.9. The van der Waals surface area contributed by atoms with Crippen molar-refractivity contribution in [2.45, 2.75) is 20.0 Å². The molecule has 0 atom stereocenters. The second-order valence-corrected chi connectivity index (χ2v) is 8.27. The molecule has 5 heteroatoms. The van der Waals surface area contributed by atoms with Crippen molar-refractivity contribution in [3.05, 3.63) is 95.4 Å². The third-order valence-corrected chi connectivity index (χ3v) is 6.24. The van der Waals surface area contributed by atoms with Gasteiger partial charge in [0.05, 0.1) is 11.8 Å². The molecule has 1 saturated heterocycles. The van der Waals surface area contributed by atoms with Crippen LogP contribution in [0.3, 0.4) is 0 Å². The van der Waals surface area contributed by atoms with E-state index in [2.05, 4.69) is 52.8 Å². The second kappa shape index (κ2) is 8.44. The van der Waals surface area contributed by atoms with Crippen molar-refractivity contribution < 1.29 is 9.21 Å². The number of aromatic nitrogens is 1. The van der Waals surface area contributed by atoms with E-state index in [1.54, 1.807) is 6.26 Å². The van der Waals surface area contributed by atoms with Crippen molar-refractivity contribution >= 4 is 17.0 Å². The lowest BCUT2D eigenvalue weighted by atomic mass is 10.1. The first-order valence-corrected chi connectivity index (χ1v) is 10.9. The van der Waals surface area contributed by atoms with Crippen LogP contribution in [0.25, 0.3) is 11.1 Å². The highest BCUT2D eigenvalue weighted by Gasteiger charge is 2.26. The predicted octanol–water partition coefficient (Wildman–Crippen LogP) is 4.55. The molecule has 5 nitrogen and oxygen atoms in total. The lowest BCUT2D eigenvalue weighted by molar-refractivity contribution is 0.0619. The fourth-order valence-electron chi connectivity index (χ4n) is 4.40. The van der Waals surface area contributed by atoms with Crippen LogP contribution in [-0.4, -0.2) is 46.5 Å². The summed E-state index contributed by atoms with van der Waals surface area (Å²) in [5.74, 6) is 0.0827. The Morgan fingerprint density at radius 1 is 0.903 bits per heavy atom. The van der Waals surface area contributed by atoms with Crippen LogP contribution in [0, 0.1) is 6.92 Å². The molecule has 1 aliphatic rings. The van der Waals surface area contributed by atoms with Gasteiger partial charge in [-0.05, 0) is 23.6 Å². The Morgan fingerprint density at radius 3 is 2.42 bits per heavy atom. The number of carbonyl (C=O) groups excluding carboxylic acids is 1. The Hall–Kier alpha value is -3.31. The van der Waals surface area contributed by atoms with Gasteiger partial charge in [-0.1, -0.05) is 54.6 Å². The van der Waals surface area contributed by atoms with Crippen LogP contribution in [0.1, 0.15) is 27.2 Å². The molecule has 0 spiro atoms. The van der Waals surface area contributed by atoms with Gasteiger partial charge in [0.1, 0.15) is 5.69 Å². The number of rotatable bonds is 5. The molecule has 158 valence electrons. The number of fused-ring (bicyclic) bond motifs is 1. The Kier molecular flexibility index (Phi) is 5.35. The van der Waals surface area contributed by atoms with Gasteiger partial charge >= 0.3 is 0 Å². The van der Waals surface area contributed by atoms with Gasteiger partial charge in [-0.2, -0.15) is 0 Å². The van der Waals surface area contributed by atoms with Gasteiger partial charge < -0.3 is 13.9 Å². The molecule has 3 heterocycles. The second-order valence-electron chi connectivity index (χ2n) is 8.27. The molecular weight excluding hydrogens is 386 g/mol. The van der Waals surface area contributed by atoms with Crippen LogP contribution in [0.2, 0.25) is 0 Å². The summed E-state index contributed by atoms with van der Waals surface area (Å²) in [6, 6.07) is 22.7. The zero-order valence-corrected chi connectivity index (χ0v) is 17.8. The van der Waals surface area contributed by atoms with E-state index in [-0.39, 0.29) is 5.91 Å². The molecule has 0 N–H and O–H groups in total. The van der Waals surface area contributed by atoms with E-state index >= 15 is 0 Å². The van der Waals surface area contributed by atoms with Gasteiger partial charge in [0.2, 0.25) is 0 Å². The summed E-state index contributed by atoms with van der Waals surface area (Å²) in [7, 11) is 0. The van der Waals surface area contributed by atoms with Crippen LogP contribution in [0.5, 0.6) is 0 Å². The van der Waals surface area contributed by atoms with Gasteiger partial charge in [0, 0.05) is 51.4 Å². The summed E-state index contributed by atoms with van der Waals surface area (Å²) < 4.78 is 7.73. The van der Waals surface area contributed by atoms with Crippen molar-refractivity contribution in [3.63, 3.8) is 0 Å². The maximum atomic E-state index is 13.5. The first kappa shape index (κ1) is 19.6. The monoisotopic (exact) mass is 413 g/mol. The molecule has 4 aromatic rings. The molecule has 1 amide bonds. The molecule has 2 aromatic carbocycles. The van der Waals surface area contributed by atoms with Gasteiger partial charge in [0.25, 0.3) is 5.91 Å². The molecule has 0 saturated carbocycles. The van der Waals surface area contributed by atoms with E-state index < -0.39 is 0 Å². The van der Waals surface area contributed by atoms with Crippen LogP contribution in [-0.2, 0) is 13.1 Å². The molecule has 0 aliphatic carbocycles. The average Bonchev–Trinajstić information content (AvgIpc) is 3.39. The van der Waals surface area contributed by atoms with Crippen molar-refractivity contribution in [2.24, 2.45) is 0 Å². The highest BCUT2D eigenvalue weighted by atomic mass is 16.3. The van der Waals surface area contributed by atoms with Gasteiger partial charge in [0.15, 0.2) is 5.58 Å². The summed E-state index contributed by atoms with van der Waals surface area (Å²) in [6.07, 6.45) is 1.69. The summed E-state index contributed by atoms with van der Waals surface area (Å²) in [5, 5.41) is 0. The molecular formula is C26H27N3O2. The van der Waals surface area contributed by atoms with E-state index in [1.807, 2.05) is 35.2 Å². The van der Waals surface area contributed by atoms with E-state index in [0.29, 0.717) is 12.2 Å². The molecule has 0 radical (unpaired) electrons. The topological polar surface area (TPSA) is 41.6 Å². The molecule has 31 heavy (non-hydrogen) atoms. The lowest BCUT2D eigenvalue weighted by Crippen LogP contribution is -2.48.